The molecule has 1 saturated heterocycles. The second-order valence-electron chi connectivity index (χ2n) is 3.51. The van der Waals surface area contributed by atoms with Crippen molar-refractivity contribution in [3.8, 4) is 5.75 Å². The third kappa shape index (κ3) is 2.38. The van der Waals surface area contributed by atoms with E-state index in [9.17, 15) is 8.78 Å². The topological polar surface area (TPSA) is 32.3 Å². The monoisotopic (exact) mass is 235 g/mol. The van der Waals surface area contributed by atoms with E-state index in [-0.39, 0.29) is 29.6 Å². The van der Waals surface area contributed by atoms with E-state index in [0.717, 1.165) is 25.1 Å². The molecule has 1 aromatic carbocycles. The van der Waals surface area contributed by atoms with E-state index in [0.29, 0.717) is 6.54 Å². The molecule has 1 aliphatic heterocycles. The maximum absolute atomic E-state index is 13.3. The number of benzene rings is 1. The van der Waals surface area contributed by atoms with Crippen LogP contribution in [0.15, 0.2) is 12.1 Å². The summed E-state index contributed by atoms with van der Waals surface area (Å²) in [4.78, 5) is 0. The number of hydrogen-bond donors (Lipinski definition) is 2. The lowest BCUT2D eigenvalue weighted by Crippen LogP contribution is -2.10. The lowest BCUT2D eigenvalue weighted by atomic mass is 9.97. The molecule has 1 fully saturated rings. The van der Waals surface area contributed by atoms with E-state index in [1.807, 2.05) is 0 Å². The molecule has 2 nitrogen and oxygen atoms in total. The van der Waals surface area contributed by atoms with Gasteiger partial charge >= 0.3 is 0 Å². The molecule has 1 heterocycles. The van der Waals surface area contributed by atoms with Gasteiger partial charge in [0.05, 0.1) is 0 Å². The van der Waals surface area contributed by atoms with E-state index < -0.39 is 11.6 Å². The van der Waals surface area contributed by atoms with Crippen molar-refractivity contribution in [2.75, 3.05) is 13.1 Å². The van der Waals surface area contributed by atoms with Crippen molar-refractivity contribution in [2.45, 2.75) is 12.3 Å². The molecule has 0 spiro atoms. The summed E-state index contributed by atoms with van der Waals surface area (Å²) in [6.45, 7) is 1.38. The molecular formula is C10H12ClF2NO. The molecule has 2 N–H and O–H groups in total. The Kier molecular flexibility index (Phi) is 3.88. The number of phenolic OH excluding ortho intramolecular Hbond substituents is 1. The lowest BCUT2D eigenvalue weighted by Gasteiger charge is -2.11. The van der Waals surface area contributed by atoms with Gasteiger partial charge < -0.3 is 10.4 Å². The first kappa shape index (κ1) is 12.2. The molecule has 84 valence electrons. The minimum atomic E-state index is -0.656. The lowest BCUT2D eigenvalue weighted by molar-refractivity contribution is 0.453. The van der Waals surface area contributed by atoms with Gasteiger partial charge in [-0.3, -0.25) is 0 Å². The Balaban J connectivity index is 0.00000112. The van der Waals surface area contributed by atoms with Crippen molar-refractivity contribution in [3.63, 3.8) is 0 Å². The zero-order chi connectivity index (χ0) is 10.1. The first-order valence-corrected chi connectivity index (χ1v) is 4.57. The van der Waals surface area contributed by atoms with E-state index in [2.05, 4.69) is 5.32 Å². The highest BCUT2D eigenvalue weighted by Crippen LogP contribution is 2.29. The normalized spacial score (nSPS) is 20.0. The van der Waals surface area contributed by atoms with Crippen LogP contribution in [-0.4, -0.2) is 18.2 Å². The predicted octanol–water partition coefficient (Wildman–Crippen LogP) is 2.17. The van der Waals surface area contributed by atoms with Gasteiger partial charge in [0.2, 0.25) is 0 Å². The molecule has 0 amide bonds. The van der Waals surface area contributed by atoms with Gasteiger partial charge in [-0.1, -0.05) is 0 Å². The molecule has 0 saturated carbocycles. The van der Waals surface area contributed by atoms with Crippen LogP contribution < -0.4 is 5.32 Å². The van der Waals surface area contributed by atoms with Gasteiger partial charge in [0.1, 0.15) is 17.4 Å². The number of rotatable bonds is 1. The first-order chi connectivity index (χ1) is 6.68. The Morgan fingerprint density at radius 2 is 1.87 bits per heavy atom. The van der Waals surface area contributed by atoms with Gasteiger partial charge in [0.15, 0.2) is 0 Å². The van der Waals surface area contributed by atoms with Crippen LogP contribution in [0.2, 0.25) is 0 Å². The molecule has 0 aromatic heterocycles. The highest BCUT2D eigenvalue weighted by molar-refractivity contribution is 5.85. The minimum Gasteiger partial charge on any atom is -0.508 e. The maximum atomic E-state index is 13.3. The van der Waals surface area contributed by atoms with E-state index in [4.69, 9.17) is 5.11 Å². The summed E-state index contributed by atoms with van der Waals surface area (Å²) < 4.78 is 26.7. The molecule has 0 radical (unpaired) electrons. The zero-order valence-corrected chi connectivity index (χ0v) is 8.78. The minimum absolute atomic E-state index is 0. The number of aromatic hydroxyl groups is 1. The largest absolute Gasteiger partial charge is 0.508 e. The second kappa shape index (κ2) is 4.77. The number of phenols is 1. The van der Waals surface area contributed by atoms with Crippen molar-refractivity contribution < 1.29 is 13.9 Å². The molecule has 15 heavy (non-hydrogen) atoms. The standard InChI is InChI=1S/C10H11F2NO.ClH/c11-8-3-7(14)4-9(12)10(8)6-1-2-13-5-6;/h3-4,6,13-14H,1-2,5H2;1H. The van der Waals surface area contributed by atoms with Crippen molar-refractivity contribution >= 4 is 12.4 Å². The van der Waals surface area contributed by atoms with E-state index in [1.165, 1.54) is 0 Å². The summed E-state index contributed by atoms with van der Waals surface area (Å²) in [6.07, 6.45) is 0.735. The molecule has 2 rings (SSSR count). The van der Waals surface area contributed by atoms with Crippen LogP contribution in [0.1, 0.15) is 17.9 Å². The fraction of sp³-hybridized carbons (Fsp3) is 0.400. The maximum Gasteiger partial charge on any atom is 0.133 e. The van der Waals surface area contributed by atoms with Crippen molar-refractivity contribution in [3.05, 3.63) is 29.3 Å². The Labute approximate surface area is 92.7 Å². The first-order valence-electron chi connectivity index (χ1n) is 4.57. The Bertz CT molecular complexity index is 330. The molecule has 0 aliphatic carbocycles. The summed E-state index contributed by atoms with van der Waals surface area (Å²) in [7, 11) is 0. The summed E-state index contributed by atoms with van der Waals surface area (Å²) >= 11 is 0. The fourth-order valence-corrected chi connectivity index (χ4v) is 1.86. The average molecular weight is 236 g/mol. The molecule has 1 aliphatic rings. The highest BCUT2D eigenvalue weighted by Gasteiger charge is 2.23. The van der Waals surface area contributed by atoms with Crippen molar-refractivity contribution in [2.24, 2.45) is 0 Å². The van der Waals surface area contributed by atoms with Gasteiger partial charge in [-0.15, -0.1) is 12.4 Å². The average Bonchev–Trinajstić information content (AvgIpc) is 2.54. The van der Waals surface area contributed by atoms with Crippen LogP contribution in [0, 0.1) is 11.6 Å². The molecular weight excluding hydrogens is 224 g/mol. The van der Waals surface area contributed by atoms with Crippen LogP contribution in [0.25, 0.3) is 0 Å². The van der Waals surface area contributed by atoms with Gasteiger partial charge in [0, 0.05) is 30.2 Å². The molecule has 0 bridgehead atoms. The third-order valence-electron chi connectivity index (χ3n) is 2.53. The molecule has 5 heteroatoms. The summed E-state index contributed by atoms with van der Waals surface area (Å²) in [6, 6.07) is 1.91. The molecule has 1 aromatic rings. The summed E-state index contributed by atoms with van der Waals surface area (Å²) in [5.74, 6) is -1.79. The summed E-state index contributed by atoms with van der Waals surface area (Å²) in [5, 5.41) is 12.0. The Hall–Kier alpha value is -0.870. The van der Waals surface area contributed by atoms with Crippen LogP contribution in [0.3, 0.4) is 0 Å². The van der Waals surface area contributed by atoms with Crippen LogP contribution >= 0.6 is 12.4 Å². The van der Waals surface area contributed by atoms with Gasteiger partial charge in [0.25, 0.3) is 0 Å². The van der Waals surface area contributed by atoms with Crippen LogP contribution in [0.5, 0.6) is 5.75 Å². The highest BCUT2D eigenvalue weighted by atomic mass is 35.5. The zero-order valence-electron chi connectivity index (χ0n) is 7.96. The van der Waals surface area contributed by atoms with E-state index in [1.54, 1.807) is 0 Å². The van der Waals surface area contributed by atoms with Gasteiger partial charge in [-0.05, 0) is 13.0 Å². The number of halogens is 3. The second-order valence-corrected chi connectivity index (χ2v) is 3.51. The van der Waals surface area contributed by atoms with Gasteiger partial charge in [-0.2, -0.15) is 0 Å². The predicted molar refractivity (Wildman–Crippen MR) is 55.5 cm³/mol. The van der Waals surface area contributed by atoms with Gasteiger partial charge in [-0.25, -0.2) is 8.78 Å². The van der Waals surface area contributed by atoms with Crippen molar-refractivity contribution in [1.82, 2.24) is 5.32 Å². The Morgan fingerprint density at radius 1 is 1.27 bits per heavy atom. The van der Waals surface area contributed by atoms with Crippen LogP contribution in [-0.2, 0) is 0 Å². The molecule has 1 atom stereocenters. The van der Waals surface area contributed by atoms with Crippen LogP contribution in [0.4, 0.5) is 8.78 Å². The SMILES string of the molecule is Cl.Oc1cc(F)c(C2CCNC2)c(F)c1. The van der Waals surface area contributed by atoms with Crippen molar-refractivity contribution in [1.29, 1.82) is 0 Å². The number of nitrogens with one attached hydrogen (secondary N) is 1. The summed E-state index contributed by atoms with van der Waals surface area (Å²) in [5.41, 5.74) is 0.0906. The smallest absolute Gasteiger partial charge is 0.133 e. The number of hydrogen-bond acceptors (Lipinski definition) is 2. The third-order valence-corrected chi connectivity index (χ3v) is 2.53. The Morgan fingerprint density at radius 3 is 2.33 bits per heavy atom. The molecule has 1 unspecified atom stereocenters. The quantitative estimate of drug-likeness (QED) is 0.782. The van der Waals surface area contributed by atoms with E-state index >= 15 is 0 Å². The fourth-order valence-electron chi connectivity index (χ4n) is 1.86.